The van der Waals surface area contributed by atoms with Crippen molar-refractivity contribution in [3.8, 4) is 0 Å². The summed E-state index contributed by atoms with van der Waals surface area (Å²) in [5.41, 5.74) is 0. The molecule has 1 saturated heterocycles. The van der Waals surface area contributed by atoms with Crippen LogP contribution in [0.15, 0.2) is 6.20 Å². The van der Waals surface area contributed by atoms with Crippen LogP contribution in [0.25, 0.3) is 0 Å². The normalized spacial score (nSPS) is 22.5. The SMILES string of the molecule is COC1CC(C(=O)O)N(C(=O)Nc2ncc(C)s2)C1. The first-order chi connectivity index (χ1) is 9.01. The molecule has 2 atom stereocenters. The largest absolute Gasteiger partial charge is 0.480 e. The number of aromatic nitrogens is 1. The van der Waals surface area contributed by atoms with Gasteiger partial charge in [0.2, 0.25) is 0 Å². The van der Waals surface area contributed by atoms with Gasteiger partial charge in [-0.25, -0.2) is 14.6 Å². The Morgan fingerprint density at radius 1 is 1.63 bits per heavy atom. The van der Waals surface area contributed by atoms with E-state index in [0.29, 0.717) is 11.6 Å². The van der Waals surface area contributed by atoms with Crippen LogP contribution >= 0.6 is 11.3 Å². The maximum atomic E-state index is 12.1. The molecule has 0 radical (unpaired) electrons. The van der Waals surface area contributed by atoms with E-state index >= 15 is 0 Å². The Morgan fingerprint density at radius 2 is 2.37 bits per heavy atom. The fourth-order valence-electron chi connectivity index (χ4n) is 2.00. The molecule has 0 aromatic carbocycles. The first-order valence-electron chi connectivity index (χ1n) is 5.77. The average molecular weight is 285 g/mol. The molecule has 19 heavy (non-hydrogen) atoms. The number of rotatable bonds is 3. The van der Waals surface area contributed by atoms with Crippen molar-refractivity contribution < 1.29 is 19.4 Å². The monoisotopic (exact) mass is 285 g/mol. The molecule has 1 aromatic rings. The number of nitrogens with one attached hydrogen (secondary N) is 1. The third-order valence-electron chi connectivity index (χ3n) is 2.98. The van der Waals surface area contributed by atoms with Crippen molar-refractivity contribution in [1.29, 1.82) is 0 Å². The Bertz CT molecular complexity index is 490. The van der Waals surface area contributed by atoms with Gasteiger partial charge in [-0.15, -0.1) is 11.3 Å². The van der Waals surface area contributed by atoms with E-state index in [-0.39, 0.29) is 12.6 Å². The van der Waals surface area contributed by atoms with Gasteiger partial charge in [0.05, 0.1) is 6.10 Å². The Balaban J connectivity index is 2.06. The van der Waals surface area contributed by atoms with Gasteiger partial charge in [0.15, 0.2) is 5.13 Å². The van der Waals surface area contributed by atoms with Crippen LogP contribution < -0.4 is 5.32 Å². The number of carbonyl (C=O) groups excluding carboxylic acids is 1. The number of amides is 2. The van der Waals surface area contributed by atoms with Crippen LogP contribution in [0.3, 0.4) is 0 Å². The summed E-state index contributed by atoms with van der Waals surface area (Å²) < 4.78 is 5.13. The zero-order valence-electron chi connectivity index (χ0n) is 10.6. The predicted octanol–water partition coefficient (Wildman–Crippen LogP) is 1.16. The van der Waals surface area contributed by atoms with Gasteiger partial charge in [-0.2, -0.15) is 0 Å². The molecule has 2 heterocycles. The number of nitrogens with zero attached hydrogens (tertiary/aromatic N) is 2. The third-order valence-corrected chi connectivity index (χ3v) is 3.81. The number of thiazole rings is 1. The van der Waals surface area contributed by atoms with Gasteiger partial charge in [-0.1, -0.05) is 0 Å². The molecule has 1 fully saturated rings. The second-order valence-corrected chi connectivity index (χ2v) is 5.54. The molecule has 0 saturated carbocycles. The zero-order valence-corrected chi connectivity index (χ0v) is 11.4. The van der Waals surface area contributed by atoms with Crippen molar-refractivity contribution in [3.63, 3.8) is 0 Å². The Morgan fingerprint density at radius 3 is 2.89 bits per heavy atom. The fourth-order valence-corrected chi connectivity index (χ4v) is 2.66. The van der Waals surface area contributed by atoms with Gasteiger partial charge in [0, 0.05) is 31.1 Å². The van der Waals surface area contributed by atoms with Crippen molar-refractivity contribution in [1.82, 2.24) is 9.88 Å². The summed E-state index contributed by atoms with van der Waals surface area (Å²) >= 11 is 1.34. The standard InChI is InChI=1S/C11H15N3O4S/c1-6-4-12-10(19-6)13-11(17)14-5-7(18-2)3-8(14)9(15)16/h4,7-8H,3,5H2,1-2H3,(H,15,16)(H,12,13,17). The molecule has 104 valence electrons. The molecule has 2 unspecified atom stereocenters. The van der Waals surface area contributed by atoms with Crippen molar-refractivity contribution >= 4 is 28.5 Å². The predicted molar refractivity (Wildman–Crippen MR) is 69.4 cm³/mol. The highest BCUT2D eigenvalue weighted by atomic mass is 32.1. The van der Waals surface area contributed by atoms with Crippen LogP contribution in [0.1, 0.15) is 11.3 Å². The topological polar surface area (TPSA) is 91.8 Å². The quantitative estimate of drug-likeness (QED) is 0.869. The third kappa shape index (κ3) is 3.02. The number of carboxylic acids is 1. The molecule has 1 aliphatic heterocycles. The number of hydrogen-bond donors (Lipinski definition) is 2. The van der Waals surface area contributed by atoms with Crippen molar-refractivity contribution in [2.75, 3.05) is 19.0 Å². The maximum Gasteiger partial charge on any atom is 0.326 e. The Hall–Kier alpha value is -1.67. The Labute approximate surface area is 114 Å². The van der Waals surface area contributed by atoms with Crippen LogP contribution in [0, 0.1) is 6.92 Å². The number of likely N-dealkylation sites (tertiary alicyclic amines) is 1. The van der Waals surface area contributed by atoms with E-state index < -0.39 is 18.0 Å². The number of aryl methyl sites for hydroxylation is 1. The lowest BCUT2D eigenvalue weighted by molar-refractivity contribution is -0.141. The van der Waals surface area contributed by atoms with E-state index in [4.69, 9.17) is 9.84 Å². The molecule has 1 aromatic heterocycles. The van der Waals surface area contributed by atoms with Gasteiger partial charge >= 0.3 is 12.0 Å². The molecule has 0 spiro atoms. The molecule has 2 amide bonds. The highest BCUT2D eigenvalue weighted by Gasteiger charge is 2.40. The summed E-state index contributed by atoms with van der Waals surface area (Å²) in [4.78, 5) is 29.5. The average Bonchev–Trinajstić information content (AvgIpc) is 2.95. The molecular formula is C11H15N3O4S. The van der Waals surface area contributed by atoms with Crippen LogP contribution in [0.5, 0.6) is 0 Å². The second kappa shape index (κ2) is 5.54. The van der Waals surface area contributed by atoms with Crippen molar-refractivity contribution in [2.24, 2.45) is 0 Å². The van der Waals surface area contributed by atoms with E-state index in [2.05, 4.69) is 10.3 Å². The lowest BCUT2D eigenvalue weighted by Gasteiger charge is -2.20. The number of ether oxygens (including phenoxy) is 1. The lowest BCUT2D eigenvalue weighted by atomic mass is 10.2. The first kappa shape index (κ1) is 13.8. The van der Waals surface area contributed by atoms with Gasteiger partial charge in [-0.3, -0.25) is 5.32 Å². The molecular weight excluding hydrogens is 270 g/mol. The van der Waals surface area contributed by atoms with E-state index in [1.54, 1.807) is 6.20 Å². The summed E-state index contributed by atoms with van der Waals surface area (Å²) in [6, 6.07) is -1.31. The highest BCUT2D eigenvalue weighted by molar-refractivity contribution is 7.15. The summed E-state index contributed by atoms with van der Waals surface area (Å²) in [5, 5.41) is 12.2. The van der Waals surface area contributed by atoms with Crippen LogP contribution in [-0.4, -0.2) is 52.8 Å². The van der Waals surface area contributed by atoms with E-state index in [0.717, 1.165) is 4.88 Å². The number of hydrogen-bond acceptors (Lipinski definition) is 5. The van der Waals surface area contributed by atoms with Crippen molar-refractivity contribution in [3.05, 3.63) is 11.1 Å². The number of carbonyl (C=O) groups is 2. The molecule has 7 nitrogen and oxygen atoms in total. The number of urea groups is 1. The molecule has 0 aliphatic carbocycles. The summed E-state index contributed by atoms with van der Waals surface area (Å²) in [5.74, 6) is -1.02. The minimum atomic E-state index is -1.02. The van der Waals surface area contributed by atoms with Crippen LogP contribution in [0.2, 0.25) is 0 Å². The zero-order chi connectivity index (χ0) is 14.0. The summed E-state index contributed by atoms with van der Waals surface area (Å²) in [6.07, 6.45) is 1.71. The van der Waals surface area contributed by atoms with Crippen molar-refractivity contribution in [2.45, 2.75) is 25.5 Å². The summed E-state index contributed by atoms with van der Waals surface area (Å²) in [7, 11) is 1.51. The second-order valence-electron chi connectivity index (χ2n) is 4.31. The molecule has 2 rings (SSSR count). The minimum Gasteiger partial charge on any atom is -0.480 e. The molecule has 8 heteroatoms. The first-order valence-corrected chi connectivity index (χ1v) is 6.58. The molecule has 1 aliphatic rings. The molecule has 0 bridgehead atoms. The van der Waals surface area contributed by atoms with Crippen LogP contribution in [-0.2, 0) is 9.53 Å². The van der Waals surface area contributed by atoms with Gasteiger partial charge < -0.3 is 14.7 Å². The van der Waals surface area contributed by atoms with E-state index in [1.807, 2.05) is 6.92 Å². The number of anilines is 1. The van der Waals surface area contributed by atoms with Gasteiger partial charge in [0.25, 0.3) is 0 Å². The number of aliphatic carboxylic acids is 1. The summed E-state index contributed by atoms with van der Waals surface area (Å²) in [6.45, 7) is 2.15. The van der Waals surface area contributed by atoms with E-state index in [9.17, 15) is 9.59 Å². The van der Waals surface area contributed by atoms with Gasteiger partial charge in [0.1, 0.15) is 6.04 Å². The fraction of sp³-hybridized carbons (Fsp3) is 0.545. The minimum absolute atomic E-state index is 0.245. The number of methoxy groups -OCH3 is 1. The number of carboxylic acid groups (broad SMARTS) is 1. The van der Waals surface area contributed by atoms with Gasteiger partial charge in [-0.05, 0) is 6.92 Å². The highest BCUT2D eigenvalue weighted by Crippen LogP contribution is 2.23. The Kier molecular flexibility index (Phi) is 4.01. The maximum absolute atomic E-state index is 12.1. The van der Waals surface area contributed by atoms with E-state index in [1.165, 1.54) is 23.3 Å². The molecule has 2 N–H and O–H groups in total. The van der Waals surface area contributed by atoms with Crippen LogP contribution in [0.4, 0.5) is 9.93 Å². The smallest absolute Gasteiger partial charge is 0.326 e. The lowest BCUT2D eigenvalue weighted by Crippen LogP contribution is -2.43.